The molecule has 4 aliphatic carbocycles. The minimum Gasteiger partial charge on any atom is -0.338 e. The summed E-state index contributed by atoms with van der Waals surface area (Å²) in [4.78, 5) is 38.3. The molecule has 2 N–H and O–H groups in total. The van der Waals surface area contributed by atoms with Crippen molar-refractivity contribution in [2.24, 2.45) is 17.8 Å². The van der Waals surface area contributed by atoms with E-state index in [1.807, 2.05) is 36.4 Å². The number of rotatable bonds is 5. The summed E-state index contributed by atoms with van der Waals surface area (Å²) in [5.41, 5.74) is 4.26. The Morgan fingerprint density at radius 1 is 0.917 bits per heavy atom. The number of pyridine rings is 1. The first-order valence-corrected chi connectivity index (χ1v) is 12.8. The van der Waals surface area contributed by atoms with Crippen molar-refractivity contribution < 1.29 is 9.55 Å². The number of nitrogens with one attached hydrogen (secondary N) is 2. The summed E-state index contributed by atoms with van der Waals surface area (Å²) in [5, 5.41) is 2.88. The molecule has 2 aromatic heterocycles. The van der Waals surface area contributed by atoms with Crippen molar-refractivity contribution in [2.45, 2.75) is 44.1 Å². The summed E-state index contributed by atoms with van der Waals surface area (Å²) in [7, 11) is 0. The van der Waals surface area contributed by atoms with Gasteiger partial charge in [0, 0.05) is 70.3 Å². The molecule has 0 atom stereocenters. The maximum absolute atomic E-state index is 13.6. The van der Waals surface area contributed by atoms with Gasteiger partial charge in [-0.15, -0.1) is 0 Å². The average molecular weight is 479 g/mol. The summed E-state index contributed by atoms with van der Waals surface area (Å²) < 4.78 is 1.34. The summed E-state index contributed by atoms with van der Waals surface area (Å²) in [6.45, 7) is 0. The highest BCUT2D eigenvalue weighted by Gasteiger charge is 2.60. The molecule has 7 heteroatoms. The van der Waals surface area contributed by atoms with E-state index >= 15 is 0 Å². The lowest BCUT2D eigenvalue weighted by molar-refractivity contribution is -0.574. The molecule has 36 heavy (non-hydrogen) atoms. The van der Waals surface area contributed by atoms with Crippen molar-refractivity contribution in [1.82, 2.24) is 15.0 Å². The molecule has 7 nitrogen and oxygen atoms in total. The van der Waals surface area contributed by atoms with Crippen LogP contribution in [0.2, 0.25) is 0 Å². The predicted molar refractivity (Wildman–Crippen MR) is 138 cm³/mol. The van der Waals surface area contributed by atoms with Gasteiger partial charge in [0.2, 0.25) is 5.54 Å². The highest BCUT2D eigenvalue weighted by Crippen LogP contribution is 2.57. The molecule has 0 unspecified atom stereocenters. The third-order valence-electron chi connectivity index (χ3n) is 8.49. The van der Waals surface area contributed by atoms with Crippen LogP contribution >= 0.6 is 0 Å². The lowest BCUT2D eigenvalue weighted by Crippen LogP contribution is -2.54. The Kier molecular flexibility index (Phi) is 4.81. The Morgan fingerprint density at radius 3 is 2.25 bits per heavy atom. The summed E-state index contributed by atoms with van der Waals surface area (Å²) in [6.07, 6.45) is 10.4. The van der Waals surface area contributed by atoms with E-state index in [-0.39, 0.29) is 11.4 Å². The van der Waals surface area contributed by atoms with Gasteiger partial charge in [-0.05, 0) is 79.5 Å². The number of nitroso groups, excluding NO2 is 1. The SMILES string of the molecule is O=C(Nc1ccncc1)c1ccc2nc(-c3ccc([N+](=O)C45CC6CC(CC(C6)C4)C5)cc3)[nH]c2c1. The van der Waals surface area contributed by atoms with Crippen LogP contribution < -0.4 is 5.32 Å². The van der Waals surface area contributed by atoms with Crippen LogP contribution in [-0.2, 0) is 0 Å². The monoisotopic (exact) mass is 478 g/mol. The van der Waals surface area contributed by atoms with Crippen molar-refractivity contribution in [3.63, 3.8) is 0 Å². The predicted octanol–water partition coefficient (Wildman–Crippen LogP) is 6.26. The number of imidazole rings is 1. The second-order valence-corrected chi connectivity index (χ2v) is 11.0. The van der Waals surface area contributed by atoms with Crippen molar-refractivity contribution in [3.05, 3.63) is 77.5 Å². The van der Waals surface area contributed by atoms with E-state index in [1.54, 1.807) is 30.6 Å². The molecule has 180 valence electrons. The number of H-pyrrole nitrogens is 1. The topological polar surface area (TPSA) is 90.8 Å². The highest BCUT2D eigenvalue weighted by molar-refractivity contribution is 6.06. The molecular weight excluding hydrogens is 450 g/mol. The molecule has 0 radical (unpaired) electrons. The van der Waals surface area contributed by atoms with Gasteiger partial charge in [-0.3, -0.25) is 9.78 Å². The number of carbonyl (C=O) groups excluding carboxylic acids is 1. The smallest absolute Gasteiger partial charge is 0.256 e. The first-order chi connectivity index (χ1) is 17.5. The van der Waals surface area contributed by atoms with E-state index in [2.05, 4.69) is 15.3 Å². The Labute approximate surface area is 208 Å². The summed E-state index contributed by atoms with van der Waals surface area (Å²) in [5.74, 6) is 2.73. The van der Waals surface area contributed by atoms with Crippen LogP contribution in [0.4, 0.5) is 11.4 Å². The van der Waals surface area contributed by atoms with Crippen molar-refractivity contribution in [3.8, 4) is 11.4 Å². The first-order valence-electron chi connectivity index (χ1n) is 12.8. The number of hydrogen-bond donors (Lipinski definition) is 2. The zero-order valence-corrected chi connectivity index (χ0v) is 20.0. The molecule has 0 spiro atoms. The number of anilines is 1. The number of aromatic amines is 1. The minimum absolute atomic E-state index is 0.191. The van der Waals surface area contributed by atoms with E-state index in [0.717, 1.165) is 65.1 Å². The van der Waals surface area contributed by atoms with Crippen molar-refractivity contribution in [2.75, 3.05) is 5.32 Å². The molecule has 4 bridgehead atoms. The third-order valence-corrected chi connectivity index (χ3v) is 8.49. The van der Waals surface area contributed by atoms with Gasteiger partial charge in [0.05, 0.1) is 11.0 Å². The van der Waals surface area contributed by atoms with Crippen LogP contribution in [0.5, 0.6) is 0 Å². The highest BCUT2D eigenvalue weighted by atomic mass is 16.3. The van der Waals surface area contributed by atoms with E-state index in [4.69, 9.17) is 4.98 Å². The minimum atomic E-state index is -0.205. The van der Waals surface area contributed by atoms with Crippen molar-refractivity contribution >= 4 is 28.3 Å². The van der Waals surface area contributed by atoms with E-state index in [9.17, 15) is 9.70 Å². The summed E-state index contributed by atoms with van der Waals surface area (Å²) in [6, 6.07) is 16.7. The normalized spacial score (nSPS) is 26.3. The van der Waals surface area contributed by atoms with E-state index < -0.39 is 0 Å². The molecular formula is C29H28N5O2+. The summed E-state index contributed by atoms with van der Waals surface area (Å²) >= 11 is 0. The van der Waals surface area contributed by atoms with Crippen LogP contribution in [0, 0.1) is 22.7 Å². The van der Waals surface area contributed by atoms with Gasteiger partial charge in [0.15, 0.2) is 0 Å². The van der Waals surface area contributed by atoms with Crippen molar-refractivity contribution in [1.29, 1.82) is 0 Å². The standard InChI is InChI=1S/C29H27N5O2/c35-28(31-23-7-9-30-10-8-23)22-3-6-25-26(14-22)33-27(32-25)21-1-4-24(5-2-21)34(36)29-15-18-11-19(16-29)13-20(12-18)17-29/h1-10,14,18-20H,11-13,15-17H2,(H-,30,31,32,33,35,36)/p+1. The van der Waals surface area contributed by atoms with Gasteiger partial charge in [-0.25, -0.2) is 4.98 Å². The number of nitrogens with zero attached hydrogens (tertiary/aromatic N) is 3. The van der Waals surface area contributed by atoms with E-state index in [0.29, 0.717) is 11.3 Å². The Bertz CT molecular complexity index is 1440. The largest absolute Gasteiger partial charge is 0.338 e. The van der Waals surface area contributed by atoms with Crippen LogP contribution in [0.3, 0.4) is 0 Å². The third kappa shape index (κ3) is 3.61. The number of hydrogen-bond acceptors (Lipinski definition) is 4. The maximum Gasteiger partial charge on any atom is 0.256 e. The first kappa shape index (κ1) is 21.4. The number of fused-ring (bicyclic) bond motifs is 1. The maximum atomic E-state index is 13.6. The van der Waals surface area contributed by atoms with Gasteiger partial charge in [0.1, 0.15) is 5.82 Å². The second-order valence-electron chi connectivity index (χ2n) is 11.0. The number of carbonyl (C=O) groups is 1. The van der Waals surface area contributed by atoms with Gasteiger partial charge in [0.25, 0.3) is 11.6 Å². The van der Waals surface area contributed by atoms with Gasteiger partial charge < -0.3 is 10.3 Å². The van der Waals surface area contributed by atoms with Crippen LogP contribution in [0.25, 0.3) is 22.4 Å². The second kappa shape index (κ2) is 8.08. The van der Waals surface area contributed by atoms with Gasteiger partial charge >= 0.3 is 0 Å². The quantitative estimate of drug-likeness (QED) is 0.331. The lowest BCUT2D eigenvalue weighted by Gasteiger charge is -2.51. The molecule has 4 fully saturated rings. The molecule has 1 amide bonds. The fourth-order valence-corrected chi connectivity index (χ4v) is 7.27. The molecule has 0 saturated heterocycles. The zero-order valence-electron chi connectivity index (χ0n) is 20.0. The Hall–Kier alpha value is -3.87. The Balaban J connectivity index is 1.11. The molecule has 2 aromatic carbocycles. The van der Waals surface area contributed by atoms with E-state index in [1.165, 1.54) is 24.0 Å². The lowest BCUT2D eigenvalue weighted by atomic mass is 9.53. The average Bonchev–Trinajstić information content (AvgIpc) is 3.32. The fraction of sp³-hybridized carbons (Fsp3) is 0.345. The Morgan fingerprint density at radius 2 is 1.58 bits per heavy atom. The number of benzene rings is 2. The van der Waals surface area contributed by atoms with Gasteiger partial charge in [-0.2, -0.15) is 0 Å². The molecule has 4 aromatic rings. The molecule has 2 heterocycles. The molecule has 8 rings (SSSR count). The molecule has 4 aliphatic rings. The van der Waals surface area contributed by atoms with Crippen LogP contribution in [0.15, 0.2) is 67.0 Å². The fourth-order valence-electron chi connectivity index (χ4n) is 7.27. The van der Waals surface area contributed by atoms with Gasteiger partial charge in [-0.1, -0.05) is 0 Å². The number of amides is 1. The number of aromatic nitrogens is 3. The zero-order chi connectivity index (χ0) is 24.3. The molecule has 0 aliphatic heterocycles. The molecule has 4 saturated carbocycles. The van der Waals surface area contributed by atoms with Crippen LogP contribution in [-0.4, -0.2) is 31.2 Å². The van der Waals surface area contributed by atoms with Crippen LogP contribution in [0.1, 0.15) is 48.9 Å².